The number of carbonyl (C=O) groups is 1. The molecule has 1 amide bonds. The van der Waals surface area contributed by atoms with Gasteiger partial charge in [0.05, 0.1) is 5.69 Å². The first-order chi connectivity index (χ1) is 11.5. The fourth-order valence-electron chi connectivity index (χ4n) is 2.88. The number of nitrogens with one attached hydrogen (secondary N) is 1. The molecule has 0 spiro atoms. The molecule has 0 atom stereocenters. The van der Waals surface area contributed by atoms with Crippen molar-refractivity contribution in [3.8, 4) is 0 Å². The second-order valence-corrected chi connectivity index (χ2v) is 7.37. The van der Waals surface area contributed by atoms with Gasteiger partial charge in [0, 0.05) is 29.4 Å². The van der Waals surface area contributed by atoms with Gasteiger partial charge in [-0.25, -0.2) is 0 Å². The summed E-state index contributed by atoms with van der Waals surface area (Å²) in [5.41, 5.74) is 3.52. The predicted molar refractivity (Wildman–Crippen MR) is 101 cm³/mol. The number of aryl methyl sites for hydroxylation is 1. The third-order valence-corrected chi connectivity index (χ3v) is 5.11. The van der Waals surface area contributed by atoms with E-state index in [1.807, 2.05) is 23.1 Å². The number of aromatic nitrogens is 1. The Balaban J connectivity index is 1.75. The van der Waals surface area contributed by atoms with E-state index in [2.05, 4.69) is 52.2 Å². The first-order valence-electron chi connectivity index (χ1n) is 8.31. The minimum absolute atomic E-state index is 0.0218. The number of rotatable bonds is 3. The first-order valence-corrected chi connectivity index (χ1v) is 9.11. The van der Waals surface area contributed by atoms with Crippen LogP contribution in [-0.4, -0.2) is 28.9 Å². The standard InChI is InChI=1S/C19H22BrN3O/c1-13-6-9-23(10-7-13)19(24)18-12-15(5-8-21-18)22-17-4-3-14(2)11-16(17)20/h3-5,8,11-13H,6-7,9-10H2,1-2H3,(H,21,22). The summed E-state index contributed by atoms with van der Waals surface area (Å²) in [7, 11) is 0. The van der Waals surface area contributed by atoms with Crippen molar-refractivity contribution in [2.75, 3.05) is 18.4 Å². The Hall–Kier alpha value is -1.88. The topological polar surface area (TPSA) is 45.2 Å². The maximum Gasteiger partial charge on any atom is 0.272 e. The van der Waals surface area contributed by atoms with Gasteiger partial charge in [0.15, 0.2) is 0 Å². The summed E-state index contributed by atoms with van der Waals surface area (Å²) in [6.45, 7) is 5.94. The van der Waals surface area contributed by atoms with Crippen molar-refractivity contribution >= 4 is 33.2 Å². The monoisotopic (exact) mass is 387 g/mol. The number of pyridine rings is 1. The van der Waals surface area contributed by atoms with Crippen LogP contribution in [0.3, 0.4) is 0 Å². The van der Waals surface area contributed by atoms with Gasteiger partial charge >= 0.3 is 0 Å². The van der Waals surface area contributed by atoms with E-state index < -0.39 is 0 Å². The molecule has 2 aromatic rings. The molecule has 1 saturated heterocycles. The Morgan fingerprint density at radius 3 is 2.71 bits per heavy atom. The fraction of sp³-hybridized carbons (Fsp3) is 0.368. The van der Waals surface area contributed by atoms with Gasteiger partial charge in [0.2, 0.25) is 0 Å². The Labute approximate surface area is 151 Å². The third kappa shape index (κ3) is 3.96. The molecule has 0 radical (unpaired) electrons. The van der Waals surface area contributed by atoms with Gasteiger partial charge in [0.25, 0.3) is 5.91 Å². The van der Waals surface area contributed by atoms with Gasteiger partial charge in [-0.15, -0.1) is 0 Å². The number of nitrogens with zero attached hydrogens (tertiary/aromatic N) is 2. The summed E-state index contributed by atoms with van der Waals surface area (Å²) in [5.74, 6) is 0.724. The molecule has 1 aliphatic heterocycles. The third-order valence-electron chi connectivity index (χ3n) is 4.45. The molecule has 4 nitrogen and oxygen atoms in total. The maximum absolute atomic E-state index is 12.6. The van der Waals surface area contributed by atoms with Crippen LogP contribution in [0.25, 0.3) is 0 Å². The van der Waals surface area contributed by atoms with E-state index in [9.17, 15) is 4.79 Å². The van der Waals surface area contributed by atoms with Gasteiger partial charge in [-0.1, -0.05) is 13.0 Å². The number of anilines is 2. The van der Waals surface area contributed by atoms with Crippen molar-refractivity contribution in [2.24, 2.45) is 5.92 Å². The van der Waals surface area contributed by atoms with Crippen LogP contribution < -0.4 is 5.32 Å². The molecular formula is C19H22BrN3O. The van der Waals surface area contributed by atoms with E-state index >= 15 is 0 Å². The van der Waals surface area contributed by atoms with Crippen molar-refractivity contribution in [1.82, 2.24) is 9.88 Å². The molecule has 24 heavy (non-hydrogen) atoms. The predicted octanol–water partition coefficient (Wildman–Crippen LogP) is 4.77. The zero-order valence-electron chi connectivity index (χ0n) is 14.1. The number of halogens is 1. The zero-order chi connectivity index (χ0) is 17.1. The van der Waals surface area contributed by atoms with Crippen LogP contribution in [0.1, 0.15) is 35.8 Å². The highest BCUT2D eigenvalue weighted by Crippen LogP contribution is 2.27. The van der Waals surface area contributed by atoms with Gasteiger partial charge in [-0.2, -0.15) is 0 Å². The van der Waals surface area contributed by atoms with Crippen LogP contribution in [-0.2, 0) is 0 Å². The lowest BCUT2D eigenvalue weighted by atomic mass is 9.99. The molecule has 1 N–H and O–H groups in total. The van der Waals surface area contributed by atoms with Gasteiger partial charge in [0.1, 0.15) is 5.69 Å². The average Bonchev–Trinajstić information content (AvgIpc) is 2.58. The van der Waals surface area contributed by atoms with Gasteiger partial charge in [-0.3, -0.25) is 9.78 Å². The zero-order valence-corrected chi connectivity index (χ0v) is 15.6. The molecule has 0 saturated carbocycles. The average molecular weight is 388 g/mol. The van der Waals surface area contributed by atoms with Crippen molar-refractivity contribution < 1.29 is 4.79 Å². The number of piperidine rings is 1. The molecule has 1 aromatic heterocycles. The van der Waals surface area contributed by atoms with Crippen LogP contribution >= 0.6 is 15.9 Å². The summed E-state index contributed by atoms with van der Waals surface area (Å²) in [6.07, 6.45) is 3.82. The summed E-state index contributed by atoms with van der Waals surface area (Å²) in [5, 5.41) is 3.35. The minimum atomic E-state index is 0.0218. The molecule has 1 aliphatic rings. The van der Waals surface area contributed by atoms with E-state index in [-0.39, 0.29) is 5.91 Å². The lowest BCUT2D eigenvalue weighted by Gasteiger charge is -2.30. The molecule has 0 unspecified atom stereocenters. The Kier molecular flexibility index (Phi) is 5.19. The second-order valence-electron chi connectivity index (χ2n) is 6.51. The van der Waals surface area contributed by atoms with Crippen LogP contribution in [0.2, 0.25) is 0 Å². The summed E-state index contributed by atoms with van der Waals surface area (Å²) in [4.78, 5) is 18.8. The molecule has 0 aliphatic carbocycles. The molecule has 1 aromatic carbocycles. The highest BCUT2D eigenvalue weighted by molar-refractivity contribution is 9.10. The van der Waals surface area contributed by atoms with Crippen molar-refractivity contribution in [3.05, 3.63) is 52.3 Å². The number of likely N-dealkylation sites (tertiary alicyclic amines) is 1. The normalized spacial score (nSPS) is 15.4. The second kappa shape index (κ2) is 7.34. The molecule has 2 heterocycles. The van der Waals surface area contributed by atoms with Crippen LogP contribution in [0.4, 0.5) is 11.4 Å². The quantitative estimate of drug-likeness (QED) is 0.824. The molecule has 3 rings (SSSR count). The smallest absolute Gasteiger partial charge is 0.272 e. The Bertz CT molecular complexity index is 739. The van der Waals surface area contributed by atoms with Crippen LogP contribution in [0, 0.1) is 12.8 Å². The highest BCUT2D eigenvalue weighted by atomic mass is 79.9. The van der Waals surface area contributed by atoms with E-state index in [1.54, 1.807) is 6.20 Å². The minimum Gasteiger partial charge on any atom is -0.354 e. The number of carbonyl (C=O) groups excluding carboxylic acids is 1. The number of amides is 1. The lowest BCUT2D eigenvalue weighted by Crippen LogP contribution is -2.38. The van der Waals surface area contributed by atoms with Crippen molar-refractivity contribution in [3.63, 3.8) is 0 Å². The van der Waals surface area contributed by atoms with Crippen LogP contribution in [0.15, 0.2) is 41.0 Å². The molecule has 5 heteroatoms. The van der Waals surface area contributed by atoms with E-state index in [1.165, 1.54) is 5.56 Å². The SMILES string of the molecule is Cc1ccc(Nc2ccnc(C(=O)N3CCC(C)CC3)c2)c(Br)c1. The van der Waals surface area contributed by atoms with Crippen molar-refractivity contribution in [2.45, 2.75) is 26.7 Å². The summed E-state index contributed by atoms with van der Waals surface area (Å²) >= 11 is 3.57. The molecular weight excluding hydrogens is 366 g/mol. The highest BCUT2D eigenvalue weighted by Gasteiger charge is 2.22. The summed E-state index contributed by atoms with van der Waals surface area (Å²) < 4.78 is 0.997. The molecule has 0 bridgehead atoms. The van der Waals surface area contributed by atoms with Crippen molar-refractivity contribution in [1.29, 1.82) is 0 Å². The summed E-state index contributed by atoms with van der Waals surface area (Å²) in [6, 6.07) is 9.83. The largest absolute Gasteiger partial charge is 0.354 e. The number of hydrogen-bond acceptors (Lipinski definition) is 3. The fourth-order valence-corrected chi connectivity index (χ4v) is 3.47. The van der Waals surface area contributed by atoms with Crippen LogP contribution in [0.5, 0.6) is 0 Å². The van der Waals surface area contributed by atoms with Gasteiger partial charge < -0.3 is 10.2 Å². The first kappa shape index (κ1) is 17.0. The number of benzene rings is 1. The molecule has 126 valence electrons. The van der Waals surface area contributed by atoms with E-state index in [0.29, 0.717) is 11.6 Å². The van der Waals surface area contributed by atoms with Gasteiger partial charge in [-0.05, 0) is 71.4 Å². The Morgan fingerprint density at radius 1 is 1.25 bits per heavy atom. The number of hydrogen-bond donors (Lipinski definition) is 1. The maximum atomic E-state index is 12.6. The Morgan fingerprint density at radius 2 is 2.00 bits per heavy atom. The molecule has 1 fully saturated rings. The van der Waals surface area contributed by atoms with E-state index in [4.69, 9.17) is 0 Å². The lowest BCUT2D eigenvalue weighted by molar-refractivity contribution is 0.0691. The van der Waals surface area contributed by atoms with E-state index in [0.717, 1.165) is 41.8 Å².